The summed E-state index contributed by atoms with van der Waals surface area (Å²) in [4.78, 5) is 4.27. The van der Waals surface area contributed by atoms with Crippen molar-refractivity contribution in [3.05, 3.63) is 0 Å². The van der Waals surface area contributed by atoms with E-state index in [4.69, 9.17) is 4.74 Å². The van der Waals surface area contributed by atoms with Crippen LogP contribution < -0.4 is 10.6 Å². The summed E-state index contributed by atoms with van der Waals surface area (Å²) in [6.07, 6.45) is 3.39. The van der Waals surface area contributed by atoms with Crippen LogP contribution in [0.1, 0.15) is 47.0 Å². The average Bonchev–Trinajstić information content (AvgIpc) is 2.36. The molecule has 19 heavy (non-hydrogen) atoms. The minimum absolute atomic E-state index is 0. The van der Waals surface area contributed by atoms with Crippen molar-refractivity contribution >= 4 is 29.9 Å². The van der Waals surface area contributed by atoms with Crippen LogP contribution >= 0.6 is 24.0 Å². The molecule has 1 fully saturated rings. The van der Waals surface area contributed by atoms with E-state index in [1.54, 1.807) is 7.11 Å². The van der Waals surface area contributed by atoms with Gasteiger partial charge in [0.1, 0.15) is 0 Å². The van der Waals surface area contributed by atoms with E-state index in [0.717, 1.165) is 18.9 Å². The molecule has 0 aromatic carbocycles. The molecule has 4 nitrogen and oxygen atoms in total. The summed E-state index contributed by atoms with van der Waals surface area (Å²) in [6, 6.07) is 0.412. The van der Waals surface area contributed by atoms with Gasteiger partial charge in [-0.25, -0.2) is 0 Å². The fraction of sp³-hybridized carbons (Fsp3) is 0.929. The standard InChI is InChI=1S/C14H29N3O.HI/c1-7-8-9-16-12(15-5)17-11-10-14(4,18-6)13(11,2)3;/h11H,7-10H2,1-6H3,(H2,15,16,17);1H. The van der Waals surface area contributed by atoms with Crippen LogP contribution in [0, 0.1) is 5.41 Å². The predicted octanol–water partition coefficient (Wildman–Crippen LogP) is 2.77. The topological polar surface area (TPSA) is 45.7 Å². The second-order valence-electron chi connectivity index (χ2n) is 5.91. The van der Waals surface area contributed by atoms with Crippen LogP contribution in [-0.4, -0.2) is 38.3 Å². The van der Waals surface area contributed by atoms with Crippen LogP contribution in [-0.2, 0) is 4.74 Å². The van der Waals surface area contributed by atoms with Crippen molar-refractivity contribution in [3.63, 3.8) is 0 Å². The minimum Gasteiger partial charge on any atom is -0.378 e. The number of hydrogen-bond acceptors (Lipinski definition) is 2. The molecule has 0 spiro atoms. The van der Waals surface area contributed by atoms with E-state index in [9.17, 15) is 0 Å². The van der Waals surface area contributed by atoms with Gasteiger partial charge in [0.25, 0.3) is 0 Å². The van der Waals surface area contributed by atoms with Gasteiger partial charge in [-0.2, -0.15) is 0 Å². The third-order valence-electron chi connectivity index (χ3n) is 4.64. The van der Waals surface area contributed by atoms with Gasteiger partial charge in [-0.3, -0.25) is 4.99 Å². The third-order valence-corrected chi connectivity index (χ3v) is 4.64. The van der Waals surface area contributed by atoms with Crippen LogP contribution in [0.25, 0.3) is 0 Å². The molecule has 0 aromatic rings. The van der Waals surface area contributed by atoms with Gasteiger partial charge in [0, 0.05) is 32.2 Å². The molecule has 0 heterocycles. The molecule has 0 aliphatic heterocycles. The highest BCUT2D eigenvalue weighted by atomic mass is 127. The summed E-state index contributed by atoms with van der Waals surface area (Å²) in [6.45, 7) is 9.84. The first-order valence-electron chi connectivity index (χ1n) is 6.93. The first-order valence-corrected chi connectivity index (χ1v) is 6.93. The Morgan fingerprint density at radius 2 is 2.00 bits per heavy atom. The van der Waals surface area contributed by atoms with E-state index >= 15 is 0 Å². The van der Waals surface area contributed by atoms with Crippen LogP contribution in [0.15, 0.2) is 4.99 Å². The molecule has 2 unspecified atom stereocenters. The maximum atomic E-state index is 5.63. The molecule has 0 radical (unpaired) electrons. The Balaban J connectivity index is 0.00000324. The lowest BCUT2D eigenvalue weighted by Crippen LogP contribution is -2.69. The zero-order chi connectivity index (χ0) is 13.8. The molecule has 0 amide bonds. The first-order chi connectivity index (χ1) is 8.41. The van der Waals surface area contributed by atoms with E-state index in [1.165, 1.54) is 12.8 Å². The Hall–Kier alpha value is -0.0400. The monoisotopic (exact) mass is 383 g/mol. The van der Waals surface area contributed by atoms with Gasteiger partial charge in [0.15, 0.2) is 5.96 Å². The van der Waals surface area contributed by atoms with Gasteiger partial charge >= 0.3 is 0 Å². The largest absolute Gasteiger partial charge is 0.378 e. The number of hydrogen-bond donors (Lipinski definition) is 2. The molecule has 0 aromatic heterocycles. The van der Waals surface area contributed by atoms with Crippen molar-refractivity contribution < 1.29 is 4.74 Å². The maximum absolute atomic E-state index is 5.63. The van der Waals surface area contributed by atoms with E-state index in [0.29, 0.717) is 6.04 Å². The molecule has 1 aliphatic rings. The van der Waals surface area contributed by atoms with Crippen LogP contribution in [0.3, 0.4) is 0 Å². The Morgan fingerprint density at radius 3 is 2.42 bits per heavy atom. The summed E-state index contributed by atoms with van der Waals surface area (Å²) in [5.41, 5.74) is 0.0804. The van der Waals surface area contributed by atoms with Crippen LogP contribution in [0.4, 0.5) is 0 Å². The summed E-state index contributed by atoms with van der Waals surface area (Å²) in [5.74, 6) is 0.902. The number of rotatable bonds is 5. The third kappa shape index (κ3) is 3.97. The normalized spacial score (nSPS) is 29.2. The lowest BCUT2D eigenvalue weighted by Gasteiger charge is -2.59. The van der Waals surface area contributed by atoms with Crippen molar-refractivity contribution in [3.8, 4) is 0 Å². The molecule has 1 rings (SSSR count). The van der Waals surface area contributed by atoms with Crippen molar-refractivity contribution in [1.29, 1.82) is 0 Å². The molecular formula is C14H30IN3O. The lowest BCUT2D eigenvalue weighted by atomic mass is 9.56. The summed E-state index contributed by atoms with van der Waals surface area (Å²) in [7, 11) is 3.62. The van der Waals surface area contributed by atoms with Gasteiger partial charge in [-0.1, -0.05) is 27.2 Å². The molecule has 114 valence electrons. The van der Waals surface area contributed by atoms with Gasteiger partial charge in [0.05, 0.1) is 5.60 Å². The smallest absolute Gasteiger partial charge is 0.191 e. The van der Waals surface area contributed by atoms with Gasteiger partial charge in [-0.05, 0) is 19.8 Å². The SMILES string of the molecule is CCCCNC(=NC)NC1CC(C)(OC)C1(C)C.I. The maximum Gasteiger partial charge on any atom is 0.191 e. The summed E-state index contributed by atoms with van der Waals surface area (Å²) >= 11 is 0. The number of methoxy groups -OCH3 is 1. The van der Waals surface area contributed by atoms with Gasteiger partial charge < -0.3 is 15.4 Å². The van der Waals surface area contributed by atoms with Crippen molar-refractivity contribution in [2.24, 2.45) is 10.4 Å². The van der Waals surface area contributed by atoms with Crippen LogP contribution in [0.2, 0.25) is 0 Å². The van der Waals surface area contributed by atoms with Gasteiger partial charge in [-0.15, -0.1) is 24.0 Å². The highest BCUT2D eigenvalue weighted by molar-refractivity contribution is 14.0. The number of guanidine groups is 1. The summed E-state index contributed by atoms with van der Waals surface area (Å²) in [5, 5.41) is 6.85. The van der Waals surface area contributed by atoms with Gasteiger partial charge in [0.2, 0.25) is 0 Å². The van der Waals surface area contributed by atoms with E-state index in [1.807, 2.05) is 7.05 Å². The Morgan fingerprint density at radius 1 is 1.37 bits per heavy atom. The number of ether oxygens (including phenoxy) is 1. The predicted molar refractivity (Wildman–Crippen MR) is 92.4 cm³/mol. The van der Waals surface area contributed by atoms with E-state index in [-0.39, 0.29) is 35.0 Å². The Kier molecular flexibility index (Phi) is 7.65. The average molecular weight is 383 g/mol. The molecule has 5 heteroatoms. The zero-order valence-corrected chi connectivity index (χ0v) is 15.5. The second-order valence-corrected chi connectivity index (χ2v) is 5.91. The quantitative estimate of drug-likeness (QED) is 0.332. The molecule has 0 bridgehead atoms. The number of aliphatic imine (C=N–C) groups is 1. The minimum atomic E-state index is -0.0348. The number of unbranched alkanes of at least 4 members (excludes halogenated alkanes) is 1. The fourth-order valence-corrected chi connectivity index (χ4v) is 2.47. The van der Waals surface area contributed by atoms with Crippen molar-refractivity contribution in [2.75, 3.05) is 20.7 Å². The summed E-state index contributed by atoms with van der Waals surface area (Å²) < 4.78 is 5.63. The lowest BCUT2D eigenvalue weighted by molar-refractivity contribution is -0.176. The van der Waals surface area contributed by atoms with Crippen molar-refractivity contribution in [2.45, 2.75) is 58.6 Å². The molecule has 1 saturated carbocycles. The number of halogens is 1. The highest BCUT2D eigenvalue weighted by Crippen LogP contribution is 2.51. The highest BCUT2D eigenvalue weighted by Gasteiger charge is 2.57. The van der Waals surface area contributed by atoms with Crippen molar-refractivity contribution in [1.82, 2.24) is 10.6 Å². The molecular weight excluding hydrogens is 353 g/mol. The zero-order valence-electron chi connectivity index (χ0n) is 13.2. The number of nitrogens with one attached hydrogen (secondary N) is 2. The van der Waals surface area contributed by atoms with E-state index < -0.39 is 0 Å². The molecule has 1 aliphatic carbocycles. The Bertz CT molecular complexity index is 307. The van der Waals surface area contributed by atoms with Crippen LogP contribution in [0.5, 0.6) is 0 Å². The molecule has 2 atom stereocenters. The number of nitrogens with zero attached hydrogens (tertiary/aromatic N) is 1. The van der Waals surface area contributed by atoms with E-state index in [2.05, 4.69) is 43.3 Å². The first kappa shape index (κ1) is 19.0. The Labute approximate surface area is 135 Å². The fourth-order valence-electron chi connectivity index (χ4n) is 2.47. The molecule has 2 N–H and O–H groups in total. The second kappa shape index (κ2) is 7.67. The molecule has 0 saturated heterocycles.